The van der Waals surface area contributed by atoms with E-state index in [-0.39, 0.29) is 0 Å². The molecule has 0 spiro atoms. The van der Waals surface area contributed by atoms with Crippen LogP contribution in [0.25, 0.3) is 0 Å². The van der Waals surface area contributed by atoms with Crippen molar-refractivity contribution in [2.45, 2.75) is 13.5 Å². The predicted octanol–water partition coefficient (Wildman–Crippen LogP) is 3.90. The normalized spacial score (nSPS) is 10.3. The second-order valence-corrected chi connectivity index (χ2v) is 4.91. The first kappa shape index (κ1) is 14.1. The summed E-state index contributed by atoms with van der Waals surface area (Å²) in [5.41, 5.74) is 1.10. The van der Waals surface area contributed by atoms with Crippen LogP contribution in [0.2, 0.25) is 5.15 Å². The van der Waals surface area contributed by atoms with E-state index in [0.717, 1.165) is 11.3 Å². The fraction of sp³-hybridized carbons (Fsp3) is 0.231. The lowest BCUT2D eigenvalue weighted by atomic mass is 10.2. The average molecular weight is 343 g/mol. The maximum atomic E-state index is 5.90. The van der Waals surface area contributed by atoms with E-state index in [2.05, 4.69) is 31.2 Å². The highest BCUT2D eigenvalue weighted by Gasteiger charge is 2.06. The third kappa shape index (κ3) is 3.81. The molecule has 100 valence electrons. The fourth-order valence-corrected chi connectivity index (χ4v) is 2.05. The van der Waals surface area contributed by atoms with Crippen LogP contribution >= 0.6 is 27.5 Å². The van der Waals surface area contributed by atoms with E-state index in [0.29, 0.717) is 28.6 Å². The van der Waals surface area contributed by atoms with Gasteiger partial charge >= 0.3 is 0 Å². The molecule has 1 aromatic heterocycles. The molecule has 4 nitrogen and oxygen atoms in total. The minimum absolute atomic E-state index is 0.389. The van der Waals surface area contributed by atoms with Crippen molar-refractivity contribution < 1.29 is 4.74 Å². The van der Waals surface area contributed by atoms with E-state index in [1.54, 1.807) is 0 Å². The van der Waals surface area contributed by atoms with Crippen molar-refractivity contribution in [1.82, 2.24) is 9.97 Å². The van der Waals surface area contributed by atoms with Crippen molar-refractivity contribution in [2.24, 2.45) is 0 Å². The highest BCUT2D eigenvalue weighted by atomic mass is 79.9. The minimum atomic E-state index is 0.389. The Morgan fingerprint density at radius 2 is 2.21 bits per heavy atom. The van der Waals surface area contributed by atoms with Crippen molar-refractivity contribution in [2.75, 3.05) is 11.9 Å². The molecule has 1 heterocycles. The molecule has 0 saturated heterocycles. The van der Waals surface area contributed by atoms with Crippen LogP contribution in [0.3, 0.4) is 0 Å². The van der Waals surface area contributed by atoms with Crippen LogP contribution in [0.15, 0.2) is 35.1 Å². The van der Waals surface area contributed by atoms with Gasteiger partial charge in [0.2, 0.25) is 0 Å². The van der Waals surface area contributed by atoms with E-state index >= 15 is 0 Å². The molecule has 0 aliphatic carbocycles. The Balaban J connectivity index is 2.06. The molecule has 2 rings (SSSR count). The molecular formula is C13H13BrClN3O. The van der Waals surface area contributed by atoms with Crippen LogP contribution in [0.4, 0.5) is 5.82 Å². The molecule has 0 unspecified atom stereocenters. The summed E-state index contributed by atoms with van der Waals surface area (Å²) in [6.07, 6.45) is 1.42. The molecule has 0 saturated carbocycles. The monoisotopic (exact) mass is 341 g/mol. The van der Waals surface area contributed by atoms with E-state index in [1.807, 2.05) is 31.2 Å². The Bertz CT molecular complexity index is 565. The lowest BCUT2D eigenvalue weighted by molar-refractivity contribution is 0.340. The molecule has 19 heavy (non-hydrogen) atoms. The van der Waals surface area contributed by atoms with Crippen molar-refractivity contribution in [3.63, 3.8) is 0 Å². The minimum Gasteiger partial charge on any atom is -0.494 e. The summed E-state index contributed by atoms with van der Waals surface area (Å²) in [4.78, 5) is 8.01. The van der Waals surface area contributed by atoms with Gasteiger partial charge in [-0.3, -0.25) is 0 Å². The van der Waals surface area contributed by atoms with Crippen LogP contribution in [0.5, 0.6) is 5.75 Å². The molecule has 0 aliphatic rings. The maximum Gasteiger partial charge on any atom is 0.148 e. The van der Waals surface area contributed by atoms with Gasteiger partial charge in [-0.2, -0.15) is 0 Å². The number of halogens is 2. The average Bonchev–Trinajstić information content (AvgIpc) is 2.41. The number of benzene rings is 1. The molecule has 2 aromatic rings. The number of rotatable bonds is 5. The van der Waals surface area contributed by atoms with Crippen LogP contribution < -0.4 is 10.1 Å². The largest absolute Gasteiger partial charge is 0.494 e. The Hall–Kier alpha value is -1.33. The molecular weight excluding hydrogens is 330 g/mol. The van der Waals surface area contributed by atoms with Gasteiger partial charge < -0.3 is 10.1 Å². The summed E-state index contributed by atoms with van der Waals surface area (Å²) in [6.45, 7) is 3.25. The number of aromatic nitrogens is 2. The van der Waals surface area contributed by atoms with E-state index < -0.39 is 0 Å². The van der Waals surface area contributed by atoms with Gasteiger partial charge in [-0.25, -0.2) is 9.97 Å². The SMILES string of the molecule is CCOc1cccc(CNc2ncnc(Cl)c2Br)c1. The van der Waals surface area contributed by atoms with Gasteiger partial charge in [0, 0.05) is 6.54 Å². The van der Waals surface area contributed by atoms with Gasteiger partial charge in [-0.1, -0.05) is 23.7 Å². The lowest BCUT2D eigenvalue weighted by Crippen LogP contribution is -2.03. The Morgan fingerprint density at radius 1 is 1.37 bits per heavy atom. The predicted molar refractivity (Wildman–Crippen MR) is 79.7 cm³/mol. The lowest BCUT2D eigenvalue weighted by Gasteiger charge is -2.09. The first-order valence-electron chi connectivity index (χ1n) is 5.82. The Labute approximate surface area is 125 Å². The van der Waals surface area contributed by atoms with Crippen molar-refractivity contribution >= 4 is 33.3 Å². The van der Waals surface area contributed by atoms with Crippen molar-refractivity contribution in [1.29, 1.82) is 0 Å². The van der Waals surface area contributed by atoms with Crippen molar-refractivity contribution in [3.05, 3.63) is 45.8 Å². The first-order valence-corrected chi connectivity index (χ1v) is 6.99. The summed E-state index contributed by atoms with van der Waals surface area (Å²) in [5.74, 6) is 1.53. The van der Waals surface area contributed by atoms with Gasteiger partial charge in [0.05, 0.1) is 11.1 Å². The van der Waals surface area contributed by atoms with Crippen LogP contribution in [0.1, 0.15) is 12.5 Å². The number of anilines is 1. The van der Waals surface area contributed by atoms with Crippen LogP contribution in [-0.2, 0) is 6.54 Å². The molecule has 0 aliphatic heterocycles. The number of ether oxygens (including phenoxy) is 1. The van der Waals surface area contributed by atoms with Gasteiger partial charge in [0.25, 0.3) is 0 Å². The summed E-state index contributed by atoms with van der Waals surface area (Å²) >= 11 is 9.25. The third-order valence-electron chi connectivity index (χ3n) is 2.42. The van der Waals surface area contributed by atoms with Gasteiger partial charge in [0.15, 0.2) is 0 Å². The Kier molecular flexibility index (Phi) is 4.99. The molecule has 0 amide bonds. The van der Waals surface area contributed by atoms with Gasteiger partial charge in [-0.15, -0.1) is 0 Å². The summed E-state index contributed by atoms with van der Waals surface area (Å²) < 4.78 is 6.12. The number of nitrogens with one attached hydrogen (secondary N) is 1. The van der Waals surface area contributed by atoms with Crippen molar-refractivity contribution in [3.8, 4) is 5.75 Å². The topological polar surface area (TPSA) is 47.0 Å². The quantitative estimate of drug-likeness (QED) is 0.837. The zero-order valence-electron chi connectivity index (χ0n) is 10.4. The van der Waals surface area contributed by atoms with E-state index in [1.165, 1.54) is 6.33 Å². The zero-order valence-corrected chi connectivity index (χ0v) is 12.7. The molecule has 0 atom stereocenters. The van der Waals surface area contributed by atoms with Crippen LogP contribution in [-0.4, -0.2) is 16.6 Å². The van der Waals surface area contributed by atoms with Crippen LogP contribution in [0, 0.1) is 0 Å². The van der Waals surface area contributed by atoms with E-state index in [4.69, 9.17) is 16.3 Å². The molecule has 0 radical (unpaired) electrons. The summed E-state index contributed by atoms with van der Waals surface area (Å²) in [6, 6.07) is 7.91. The smallest absolute Gasteiger partial charge is 0.148 e. The molecule has 0 bridgehead atoms. The molecule has 1 aromatic carbocycles. The second kappa shape index (κ2) is 6.73. The van der Waals surface area contributed by atoms with Gasteiger partial charge in [0.1, 0.15) is 23.0 Å². The first-order chi connectivity index (χ1) is 9.20. The number of hydrogen-bond acceptors (Lipinski definition) is 4. The highest BCUT2D eigenvalue weighted by molar-refractivity contribution is 9.10. The molecule has 1 N–H and O–H groups in total. The zero-order chi connectivity index (χ0) is 13.7. The second-order valence-electron chi connectivity index (χ2n) is 3.76. The molecule has 6 heteroatoms. The standard InChI is InChI=1S/C13H13BrClN3O/c1-2-19-10-5-3-4-9(6-10)7-16-13-11(14)12(15)17-8-18-13/h3-6,8H,2,7H2,1H3,(H,16,17,18). The van der Waals surface area contributed by atoms with Gasteiger partial charge in [-0.05, 0) is 40.5 Å². The van der Waals surface area contributed by atoms with E-state index in [9.17, 15) is 0 Å². The molecule has 0 fully saturated rings. The maximum absolute atomic E-state index is 5.90. The number of nitrogens with zero attached hydrogens (tertiary/aromatic N) is 2. The third-order valence-corrected chi connectivity index (χ3v) is 3.68. The number of hydrogen-bond donors (Lipinski definition) is 1. The summed E-state index contributed by atoms with van der Waals surface area (Å²) in [5, 5.41) is 3.59. The summed E-state index contributed by atoms with van der Waals surface area (Å²) in [7, 11) is 0. The Morgan fingerprint density at radius 3 is 3.00 bits per heavy atom. The highest BCUT2D eigenvalue weighted by Crippen LogP contribution is 2.26. The fourth-order valence-electron chi connectivity index (χ4n) is 1.57.